The summed E-state index contributed by atoms with van der Waals surface area (Å²) < 4.78 is 30.3. The van der Waals surface area contributed by atoms with Crippen molar-refractivity contribution in [1.82, 2.24) is 4.98 Å². The van der Waals surface area contributed by atoms with E-state index in [1.165, 1.54) is 19.2 Å². The lowest BCUT2D eigenvalue weighted by molar-refractivity contribution is -0.115. The summed E-state index contributed by atoms with van der Waals surface area (Å²) in [4.78, 5) is 16.1. The van der Waals surface area contributed by atoms with Gasteiger partial charge in [-0.05, 0) is 38.1 Å². The number of hydrogen-bond donors (Lipinski definition) is 1. The van der Waals surface area contributed by atoms with Crippen molar-refractivity contribution in [3.8, 4) is 5.75 Å². The summed E-state index contributed by atoms with van der Waals surface area (Å²) in [7, 11) is -3.85. The lowest BCUT2D eigenvalue weighted by atomic mass is 10.3. The first kappa shape index (κ1) is 17.0. The van der Waals surface area contributed by atoms with Gasteiger partial charge in [-0.2, -0.15) is 0 Å². The van der Waals surface area contributed by atoms with Gasteiger partial charge in [0.05, 0.1) is 12.3 Å². The first-order valence-corrected chi connectivity index (χ1v) is 8.69. The number of nitrogens with one attached hydrogen (secondary N) is 1. The smallest absolute Gasteiger partial charge is 0.242 e. The molecule has 0 spiro atoms. The summed E-state index contributed by atoms with van der Waals surface area (Å²) in [5.74, 6) is -0.145. The molecular formula is C16H18N2O4S. The average molecular weight is 334 g/mol. The molecule has 0 saturated carbocycles. The van der Waals surface area contributed by atoms with E-state index in [9.17, 15) is 13.2 Å². The van der Waals surface area contributed by atoms with Gasteiger partial charge in [-0.25, -0.2) is 13.4 Å². The molecule has 7 heteroatoms. The van der Waals surface area contributed by atoms with Crippen molar-refractivity contribution in [2.45, 2.75) is 24.1 Å². The van der Waals surface area contributed by atoms with Crippen LogP contribution >= 0.6 is 0 Å². The minimum Gasteiger partial charge on any atom is -0.492 e. The average Bonchev–Trinajstić information content (AvgIpc) is 2.57. The monoisotopic (exact) mass is 334 g/mol. The number of sulfone groups is 1. The second-order valence-electron chi connectivity index (χ2n) is 4.77. The Hall–Kier alpha value is -2.41. The Kier molecular flexibility index (Phi) is 5.33. The van der Waals surface area contributed by atoms with Crippen LogP contribution in [0.4, 0.5) is 5.69 Å². The first-order chi connectivity index (χ1) is 11.0. The van der Waals surface area contributed by atoms with E-state index in [2.05, 4.69) is 10.3 Å². The number of rotatable bonds is 6. The maximum absolute atomic E-state index is 12.4. The molecule has 23 heavy (non-hydrogen) atoms. The highest BCUT2D eigenvalue weighted by Gasteiger charge is 2.31. The number of aromatic nitrogens is 1. The van der Waals surface area contributed by atoms with Gasteiger partial charge in [0.1, 0.15) is 11.0 Å². The number of amides is 1. The quantitative estimate of drug-likeness (QED) is 0.876. The van der Waals surface area contributed by atoms with E-state index >= 15 is 0 Å². The van der Waals surface area contributed by atoms with Crippen LogP contribution in [0, 0.1) is 0 Å². The van der Waals surface area contributed by atoms with Crippen LogP contribution in [0.3, 0.4) is 0 Å². The molecule has 2 aromatic rings. The molecule has 1 aromatic heterocycles. The van der Waals surface area contributed by atoms with Crippen LogP contribution in [0.1, 0.15) is 13.8 Å². The van der Waals surface area contributed by atoms with E-state index in [-0.39, 0.29) is 5.03 Å². The fourth-order valence-electron chi connectivity index (χ4n) is 1.92. The fraction of sp³-hybridized carbons (Fsp3) is 0.250. The molecule has 0 aliphatic carbocycles. The number of benzene rings is 1. The number of nitrogens with zero attached hydrogens (tertiary/aromatic N) is 1. The van der Waals surface area contributed by atoms with E-state index < -0.39 is 21.0 Å². The van der Waals surface area contributed by atoms with Crippen LogP contribution in [-0.2, 0) is 14.6 Å². The highest BCUT2D eigenvalue weighted by atomic mass is 32.2. The van der Waals surface area contributed by atoms with Gasteiger partial charge in [-0.1, -0.05) is 18.2 Å². The van der Waals surface area contributed by atoms with Gasteiger partial charge in [0.25, 0.3) is 0 Å². The standard InChI is InChI=1S/C16H18N2O4S/c1-3-22-14-9-5-4-8-13(14)18-16(19)12(2)23(20,21)15-10-6-7-11-17-15/h4-12H,3H2,1-2H3,(H,18,19)/t12-/m0/s1. The van der Waals surface area contributed by atoms with Crippen molar-refractivity contribution >= 4 is 21.4 Å². The Morgan fingerprint density at radius 2 is 1.91 bits per heavy atom. The minimum atomic E-state index is -3.85. The number of pyridine rings is 1. The molecule has 1 amide bonds. The number of ether oxygens (including phenoxy) is 1. The van der Waals surface area contributed by atoms with Crippen molar-refractivity contribution in [3.05, 3.63) is 48.7 Å². The molecule has 0 radical (unpaired) electrons. The number of hydrogen-bond acceptors (Lipinski definition) is 5. The number of para-hydroxylation sites is 2. The molecule has 1 N–H and O–H groups in total. The van der Waals surface area contributed by atoms with E-state index in [0.29, 0.717) is 18.0 Å². The molecule has 1 aromatic carbocycles. The van der Waals surface area contributed by atoms with E-state index in [0.717, 1.165) is 0 Å². The zero-order chi connectivity index (χ0) is 16.9. The van der Waals surface area contributed by atoms with Crippen molar-refractivity contribution in [1.29, 1.82) is 0 Å². The zero-order valence-corrected chi connectivity index (χ0v) is 13.7. The molecule has 0 fully saturated rings. The Labute approximate surface area is 135 Å². The number of carbonyl (C=O) groups is 1. The second kappa shape index (κ2) is 7.23. The minimum absolute atomic E-state index is 0.124. The Balaban J connectivity index is 2.21. The SMILES string of the molecule is CCOc1ccccc1NC(=O)[C@H](C)S(=O)(=O)c1ccccn1. The van der Waals surface area contributed by atoms with E-state index in [4.69, 9.17) is 4.74 Å². The molecule has 0 bridgehead atoms. The van der Waals surface area contributed by atoms with Crippen molar-refractivity contribution in [2.75, 3.05) is 11.9 Å². The predicted molar refractivity (Wildman–Crippen MR) is 87.1 cm³/mol. The second-order valence-corrected chi connectivity index (χ2v) is 6.99. The molecule has 1 atom stereocenters. The van der Waals surface area contributed by atoms with Gasteiger partial charge >= 0.3 is 0 Å². The lowest BCUT2D eigenvalue weighted by Gasteiger charge is -2.15. The molecule has 0 saturated heterocycles. The third-order valence-electron chi connectivity index (χ3n) is 3.21. The van der Waals surface area contributed by atoms with E-state index in [1.54, 1.807) is 36.4 Å². The topological polar surface area (TPSA) is 85.4 Å². The van der Waals surface area contributed by atoms with Gasteiger partial charge in [-0.3, -0.25) is 4.79 Å². The van der Waals surface area contributed by atoms with Crippen molar-refractivity contribution in [2.24, 2.45) is 0 Å². The molecule has 0 unspecified atom stereocenters. The summed E-state index contributed by atoms with van der Waals surface area (Å²) in [6.45, 7) is 3.60. The van der Waals surface area contributed by atoms with Gasteiger partial charge < -0.3 is 10.1 Å². The zero-order valence-electron chi connectivity index (χ0n) is 12.9. The normalized spacial score (nSPS) is 12.4. The predicted octanol–water partition coefficient (Wildman–Crippen LogP) is 2.28. The largest absolute Gasteiger partial charge is 0.492 e. The molecule has 2 rings (SSSR count). The van der Waals surface area contributed by atoms with Crippen LogP contribution in [-0.4, -0.2) is 31.2 Å². The summed E-state index contributed by atoms with van der Waals surface area (Å²) >= 11 is 0. The molecule has 0 aliphatic rings. The molecular weight excluding hydrogens is 316 g/mol. The van der Waals surface area contributed by atoms with Crippen molar-refractivity contribution < 1.29 is 17.9 Å². The molecule has 0 aliphatic heterocycles. The Bertz CT molecular complexity index is 776. The Morgan fingerprint density at radius 3 is 2.57 bits per heavy atom. The van der Waals surface area contributed by atoms with Crippen LogP contribution < -0.4 is 10.1 Å². The highest BCUT2D eigenvalue weighted by molar-refractivity contribution is 7.92. The van der Waals surface area contributed by atoms with Gasteiger partial charge in [-0.15, -0.1) is 0 Å². The summed E-state index contributed by atoms with van der Waals surface area (Å²) in [6, 6.07) is 11.4. The van der Waals surface area contributed by atoms with Crippen LogP contribution in [0.5, 0.6) is 5.75 Å². The molecule has 122 valence electrons. The maximum Gasteiger partial charge on any atom is 0.242 e. The maximum atomic E-state index is 12.4. The lowest BCUT2D eigenvalue weighted by Crippen LogP contribution is -2.33. The molecule has 6 nitrogen and oxygen atoms in total. The summed E-state index contributed by atoms with van der Waals surface area (Å²) in [5.41, 5.74) is 0.433. The highest BCUT2D eigenvalue weighted by Crippen LogP contribution is 2.24. The Morgan fingerprint density at radius 1 is 1.22 bits per heavy atom. The fourth-order valence-corrected chi connectivity index (χ4v) is 3.10. The van der Waals surface area contributed by atoms with E-state index in [1.807, 2.05) is 6.92 Å². The third kappa shape index (κ3) is 3.87. The first-order valence-electron chi connectivity index (χ1n) is 7.14. The number of anilines is 1. The van der Waals surface area contributed by atoms with Gasteiger partial charge in [0, 0.05) is 6.20 Å². The van der Waals surface area contributed by atoms with Crippen LogP contribution in [0.25, 0.3) is 0 Å². The van der Waals surface area contributed by atoms with Gasteiger partial charge in [0.2, 0.25) is 15.7 Å². The third-order valence-corrected chi connectivity index (χ3v) is 5.18. The van der Waals surface area contributed by atoms with Gasteiger partial charge in [0.15, 0.2) is 5.03 Å². The van der Waals surface area contributed by atoms with Crippen molar-refractivity contribution in [3.63, 3.8) is 0 Å². The summed E-state index contributed by atoms with van der Waals surface area (Å²) in [5, 5.41) is 1.20. The number of carbonyl (C=O) groups excluding carboxylic acids is 1. The summed E-state index contributed by atoms with van der Waals surface area (Å²) in [6.07, 6.45) is 1.38. The van der Waals surface area contributed by atoms with Crippen LogP contribution in [0.2, 0.25) is 0 Å². The molecule has 1 heterocycles. The van der Waals surface area contributed by atoms with Crippen LogP contribution in [0.15, 0.2) is 53.7 Å².